The van der Waals surface area contributed by atoms with E-state index in [1.807, 2.05) is 6.92 Å². The Bertz CT molecular complexity index is 569. The predicted octanol–water partition coefficient (Wildman–Crippen LogP) is 1.40. The summed E-state index contributed by atoms with van der Waals surface area (Å²) in [6, 6.07) is 0. The first kappa shape index (κ1) is 16.5. The van der Waals surface area contributed by atoms with Gasteiger partial charge in [0.25, 0.3) is 10.0 Å². The number of nitrogens with zero attached hydrogens (tertiary/aromatic N) is 3. The molecule has 1 aromatic rings. The van der Waals surface area contributed by atoms with E-state index in [4.69, 9.17) is 5.73 Å². The van der Waals surface area contributed by atoms with Crippen molar-refractivity contribution in [3.8, 4) is 0 Å². The van der Waals surface area contributed by atoms with Gasteiger partial charge in [0.15, 0.2) is 5.03 Å². The van der Waals surface area contributed by atoms with Gasteiger partial charge in [0, 0.05) is 31.9 Å². The minimum Gasteiger partial charge on any atom is -0.337 e. The maximum absolute atomic E-state index is 13.0. The van der Waals surface area contributed by atoms with Crippen molar-refractivity contribution < 1.29 is 8.42 Å². The van der Waals surface area contributed by atoms with Gasteiger partial charge in [-0.25, -0.2) is 13.4 Å². The van der Waals surface area contributed by atoms with Crippen molar-refractivity contribution in [1.29, 1.82) is 0 Å². The van der Waals surface area contributed by atoms with Gasteiger partial charge in [-0.15, -0.1) is 0 Å². The molecule has 0 saturated heterocycles. The summed E-state index contributed by atoms with van der Waals surface area (Å²) in [4.78, 5) is 4.21. The second kappa shape index (κ2) is 6.06. The second-order valence-electron chi connectivity index (χ2n) is 5.95. The van der Waals surface area contributed by atoms with Crippen LogP contribution >= 0.6 is 0 Å². The molecular formula is C14H26N4O2S. The summed E-state index contributed by atoms with van der Waals surface area (Å²) in [5.41, 5.74) is 5.55. The number of imidazole rings is 1. The van der Waals surface area contributed by atoms with Crippen LogP contribution in [0.2, 0.25) is 0 Å². The predicted molar refractivity (Wildman–Crippen MR) is 82.4 cm³/mol. The SMILES string of the molecule is CCCN(C1(CN)CCCC1)S(=O)(=O)c1cn(C)c(C)n1. The van der Waals surface area contributed by atoms with Crippen molar-refractivity contribution in [2.24, 2.45) is 12.8 Å². The van der Waals surface area contributed by atoms with E-state index >= 15 is 0 Å². The lowest BCUT2D eigenvalue weighted by atomic mass is 9.98. The average Bonchev–Trinajstić information content (AvgIpc) is 3.05. The van der Waals surface area contributed by atoms with Gasteiger partial charge >= 0.3 is 0 Å². The first-order chi connectivity index (χ1) is 9.87. The van der Waals surface area contributed by atoms with Crippen LogP contribution in [0.3, 0.4) is 0 Å². The van der Waals surface area contributed by atoms with Crippen LogP contribution in [-0.2, 0) is 17.1 Å². The lowest BCUT2D eigenvalue weighted by Crippen LogP contribution is -2.54. The highest BCUT2D eigenvalue weighted by molar-refractivity contribution is 7.89. The van der Waals surface area contributed by atoms with E-state index in [0.717, 1.165) is 32.1 Å². The highest BCUT2D eigenvalue weighted by Gasteiger charge is 2.45. The zero-order valence-electron chi connectivity index (χ0n) is 13.2. The lowest BCUT2D eigenvalue weighted by Gasteiger charge is -2.38. The van der Waals surface area contributed by atoms with E-state index in [1.165, 1.54) is 0 Å². The third kappa shape index (κ3) is 2.86. The molecule has 0 aliphatic heterocycles. The molecule has 2 rings (SSSR count). The van der Waals surface area contributed by atoms with Crippen molar-refractivity contribution in [2.75, 3.05) is 13.1 Å². The van der Waals surface area contributed by atoms with Gasteiger partial charge in [0.2, 0.25) is 0 Å². The smallest absolute Gasteiger partial charge is 0.262 e. The number of sulfonamides is 1. The minimum atomic E-state index is -3.60. The molecule has 0 bridgehead atoms. The van der Waals surface area contributed by atoms with Crippen molar-refractivity contribution in [3.05, 3.63) is 12.0 Å². The zero-order chi connectivity index (χ0) is 15.7. The van der Waals surface area contributed by atoms with Gasteiger partial charge in [0.1, 0.15) is 5.82 Å². The van der Waals surface area contributed by atoms with Gasteiger partial charge in [-0.05, 0) is 26.2 Å². The second-order valence-corrected chi connectivity index (χ2v) is 7.76. The van der Waals surface area contributed by atoms with Crippen LogP contribution in [-0.4, -0.2) is 40.9 Å². The Labute approximate surface area is 127 Å². The molecule has 1 aliphatic carbocycles. The van der Waals surface area contributed by atoms with Crippen molar-refractivity contribution in [2.45, 2.75) is 56.5 Å². The number of rotatable bonds is 6. The van der Waals surface area contributed by atoms with E-state index in [-0.39, 0.29) is 5.03 Å². The third-order valence-electron chi connectivity index (χ3n) is 4.51. The molecule has 7 heteroatoms. The molecule has 0 spiro atoms. The van der Waals surface area contributed by atoms with Gasteiger partial charge < -0.3 is 10.3 Å². The largest absolute Gasteiger partial charge is 0.337 e. The molecule has 6 nitrogen and oxygen atoms in total. The Hall–Kier alpha value is -0.920. The van der Waals surface area contributed by atoms with Gasteiger partial charge in [-0.2, -0.15) is 4.31 Å². The molecule has 0 aromatic carbocycles. The third-order valence-corrected chi connectivity index (χ3v) is 6.39. The molecule has 21 heavy (non-hydrogen) atoms. The van der Waals surface area contributed by atoms with Crippen molar-refractivity contribution >= 4 is 10.0 Å². The Morgan fingerprint density at radius 2 is 2.05 bits per heavy atom. The molecule has 1 heterocycles. The van der Waals surface area contributed by atoms with Crippen LogP contribution in [0.15, 0.2) is 11.2 Å². The monoisotopic (exact) mass is 314 g/mol. The number of aryl methyl sites for hydroxylation is 2. The molecule has 1 aromatic heterocycles. The molecule has 0 radical (unpaired) electrons. The van der Waals surface area contributed by atoms with Gasteiger partial charge in [0.05, 0.1) is 0 Å². The molecule has 0 amide bonds. The maximum Gasteiger partial charge on any atom is 0.262 e. The number of aromatic nitrogens is 2. The molecular weight excluding hydrogens is 288 g/mol. The summed E-state index contributed by atoms with van der Waals surface area (Å²) >= 11 is 0. The molecule has 1 fully saturated rings. The molecule has 120 valence electrons. The Kier molecular flexibility index (Phi) is 4.75. The first-order valence-electron chi connectivity index (χ1n) is 7.60. The van der Waals surface area contributed by atoms with E-state index in [0.29, 0.717) is 18.9 Å². The standard InChI is InChI=1S/C14H26N4O2S/c1-4-9-18(14(11-15)7-5-6-8-14)21(19,20)13-10-17(3)12(2)16-13/h10H,4-9,11,15H2,1-3H3. The van der Waals surface area contributed by atoms with Crippen molar-refractivity contribution in [3.63, 3.8) is 0 Å². The van der Waals surface area contributed by atoms with Crippen LogP contribution in [0.25, 0.3) is 0 Å². The fourth-order valence-corrected chi connectivity index (χ4v) is 5.12. The summed E-state index contributed by atoms with van der Waals surface area (Å²) in [6.07, 6.45) is 6.12. The number of hydrogen-bond acceptors (Lipinski definition) is 4. The molecule has 2 N–H and O–H groups in total. The molecule has 1 saturated carbocycles. The number of nitrogens with two attached hydrogens (primary N) is 1. The molecule has 0 unspecified atom stereocenters. The van der Waals surface area contributed by atoms with E-state index in [2.05, 4.69) is 4.98 Å². The summed E-state index contributed by atoms with van der Waals surface area (Å²) in [6.45, 7) is 4.66. The quantitative estimate of drug-likeness (QED) is 0.860. The van der Waals surface area contributed by atoms with Crippen molar-refractivity contribution in [1.82, 2.24) is 13.9 Å². The van der Waals surface area contributed by atoms with E-state index in [9.17, 15) is 8.42 Å². The average molecular weight is 314 g/mol. The van der Waals surface area contributed by atoms with E-state index in [1.54, 1.807) is 29.0 Å². The summed E-state index contributed by atoms with van der Waals surface area (Å²) in [5.74, 6) is 0.693. The first-order valence-corrected chi connectivity index (χ1v) is 9.04. The van der Waals surface area contributed by atoms with Crippen LogP contribution in [0.1, 0.15) is 44.9 Å². The maximum atomic E-state index is 13.0. The van der Waals surface area contributed by atoms with Crippen LogP contribution in [0.4, 0.5) is 0 Å². The van der Waals surface area contributed by atoms with Crippen LogP contribution in [0.5, 0.6) is 0 Å². The molecule has 0 atom stereocenters. The van der Waals surface area contributed by atoms with Crippen LogP contribution < -0.4 is 5.73 Å². The van der Waals surface area contributed by atoms with Gasteiger partial charge in [-0.3, -0.25) is 0 Å². The number of hydrogen-bond donors (Lipinski definition) is 1. The lowest BCUT2D eigenvalue weighted by molar-refractivity contribution is 0.197. The highest BCUT2D eigenvalue weighted by Crippen LogP contribution is 2.37. The minimum absolute atomic E-state index is 0.135. The zero-order valence-corrected chi connectivity index (χ0v) is 14.0. The summed E-state index contributed by atoms with van der Waals surface area (Å²) < 4.78 is 29.4. The van der Waals surface area contributed by atoms with Gasteiger partial charge in [-0.1, -0.05) is 19.8 Å². The Balaban J connectivity index is 2.45. The highest BCUT2D eigenvalue weighted by atomic mass is 32.2. The topological polar surface area (TPSA) is 81.2 Å². The fraction of sp³-hybridized carbons (Fsp3) is 0.786. The van der Waals surface area contributed by atoms with E-state index < -0.39 is 15.6 Å². The summed E-state index contributed by atoms with van der Waals surface area (Å²) in [5, 5.41) is 0.135. The van der Waals surface area contributed by atoms with Crippen LogP contribution in [0, 0.1) is 6.92 Å². The Morgan fingerprint density at radius 3 is 2.48 bits per heavy atom. The normalized spacial score (nSPS) is 18.5. The molecule has 1 aliphatic rings. The fourth-order valence-electron chi connectivity index (χ4n) is 3.17. The Morgan fingerprint density at radius 1 is 1.43 bits per heavy atom. The summed E-state index contributed by atoms with van der Waals surface area (Å²) in [7, 11) is -1.79.